The van der Waals surface area contributed by atoms with Crippen molar-refractivity contribution in [3.63, 3.8) is 0 Å². The second-order valence-electron chi connectivity index (χ2n) is 3.45. The van der Waals surface area contributed by atoms with Gasteiger partial charge in [0.1, 0.15) is 0 Å². The Hall–Kier alpha value is -2.17. The highest BCUT2D eigenvalue weighted by atomic mass is 16.4. The van der Waals surface area contributed by atoms with Crippen molar-refractivity contribution in [1.29, 1.82) is 0 Å². The van der Waals surface area contributed by atoms with Crippen LogP contribution in [0.15, 0.2) is 24.3 Å². The van der Waals surface area contributed by atoms with Gasteiger partial charge in [-0.05, 0) is 12.1 Å². The molecule has 2 rings (SSSR count). The van der Waals surface area contributed by atoms with Gasteiger partial charge in [0.25, 0.3) is 0 Å². The van der Waals surface area contributed by atoms with Gasteiger partial charge in [0, 0.05) is 18.5 Å². The number of carboxylic acids is 1. The van der Waals surface area contributed by atoms with Crippen molar-refractivity contribution in [3.8, 4) is 0 Å². The number of Topliss-reactive ketones (excluding diaryl/α,β-unsaturated/α-hetero) is 1. The van der Waals surface area contributed by atoms with Gasteiger partial charge in [0.05, 0.1) is 5.69 Å². The highest BCUT2D eigenvalue weighted by Crippen LogP contribution is 2.26. The molecule has 0 aromatic heterocycles. The van der Waals surface area contributed by atoms with E-state index in [0.29, 0.717) is 11.3 Å². The number of carbonyl (C=O) groups excluding carboxylic acids is 2. The van der Waals surface area contributed by atoms with Gasteiger partial charge in [-0.25, -0.2) is 4.79 Å². The average molecular weight is 219 g/mol. The molecule has 16 heavy (non-hydrogen) atoms. The largest absolute Gasteiger partial charge is 0.474 e. The highest BCUT2D eigenvalue weighted by molar-refractivity contribution is 6.38. The quantitative estimate of drug-likeness (QED) is 0.651. The van der Waals surface area contributed by atoms with Crippen molar-refractivity contribution in [1.82, 2.24) is 0 Å². The van der Waals surface area contributed by atoms with Crippen LogP contribution in [0.1, 0.15) is 16.8 Å². The number of aliphatic carboxylic acids is 1. The smallest absolute Gasteiger partial charge is 0.394 e. The first kappa shape index (κ1) is 10.4. The fraction of sp³-hybridized carbons (Fsp3) is 0.182. The lowest BCUT2D eigenvalue weighted by Crippen LogP contribution is -2.41. The third kappa shape index (κ3) is 1.56. The Morgan fingerprint density at radius 1 is 1.25 bits per heavy atom. The average Bonchev–Trinajstić information content (AvgIpc) is 2.29. The molecule has 0 spiro atoms. The van der Waals surface area contributed by atoms with Crippen LogP contribution < -0.4 is 4.90 Å². The zero-order chi connectivity index (χ0) is 11.7. The van der Waals surface area contributed by atoms with E-state index in [0.717, 1.165) is 4.90 Å². The van der Waals surface area contributed by atoms with E-state index in [-0.39, 0.29) is 18.7 Å². The van der Waals surface area contributed by atoms with Gasteiger partial charge >= 0.3 is 11.9 Å². The molecule has 1 N–H and O–H groups in total. The van der Waals surface area contributed by atoms with Crippen molar-refractivity contribution in [2.24, 2.45) is 0 Å². The van der Waals surface area contributed by atoms with E-state index in [1.165, 1.54) is 0 Å². The van der Waals surface area contributed by atoms with Gasteiger partial charge in [0.15, 0.2) is 5.78 Å². The van der Waals surface area contributed by atoms with Gasteiger partial charge in [-0.2, -0.15) is 0 Å². The summed E-state index contributed by atoms with van der Waals surface area (Å²) in [5.41, 5.74) is 0.787. The number of carboxylic acid groups (broad SMARTS) is 1. The van der Waals surface area contributed by atoms with Crippen LogP contribution in [0.4, 0.5) is 5.69 Å². The number of para-hydroxylation sites is 1. The van der Waals surface area contributed by atoms with E-state index in [4.69, 9.17) is 5.11 Å². The Labute approximate surface area is 91.3 Å². The Kier molecular flexibility index (Phi) is 2.44. The van der Waals surface area contributed by atoms with Gasteiger partial charge in [0.2, 0.25) is 0 Å². The number of benzene rings is 1. The van der Waals surface area contributed by atoms with Gasteiger partial charge in [-0.1, -0.05) is 12.1 Å². The van der Waals surface area contributed by atoms with Crippen molar-refractivity contribution in [2.45, 2.75) is 6.42 Å². The molecule has 1 aromatic rings. The SMILES string of the molecule is O=C(O)C(=O)N1CCC(=O)c2ccccc21. The first-order chi connectivity index (χ1) is 7.61. The number of fused-ring (bicyclic) bond motifs is 1. The number of amides is 1. The molecular formula is C11H9NO4. The summed E-state index contributed by atoms with van der Waals surface area (Å²) >= 11 is 0. The summed E-state index contributed by atoms with van der Waals surface area (Å²) in [5.74, 6) is -2.57. The molecule has 0 fully saturated rings. The van der Waals surface area contributed by atoms with E-state index >= 15 is 0 Å². The minimum Gasteiger partial charge on any atom is -0.474 e. The molecule has 0 aliphatic carbocycles. The van der Waals surface area contributed by atoms with Crippen molar-refractivity contribution in [3.05, 3.63) is 29.8 Å². The number of anilines is 1. The summed E-state index contributed by atoms with van der Waals surface area (Å²) in [4.78, 5) is 34.7. The van der Waals surface area contributed by atoms with Gasteiger partial charge in [-0.3, -0.25) is 9.59 Å². The topological polar surface area (TPSA) is 74.7 Å². The Balaban J connectivity index is 2.46. The number of rotatable bonds is 0. The molecule has 82 valence electrons. The molecular weight excluding hydrogens is 210 g/mol. The third-order valence-corrected chi connectivity index (χ3v) is 2.49. The maximum atomic E-state index is 11.5. The number of hydrogen-bond acceptors (Lipinski definition) is 3. The van der Waals surface area contributed by atoms with Crippen molar-refractivity contribution >= 4 is 23.3 Å². The Morgan fingerprint density at radius 2 is 1.94 bits per heavy atom. The summed E-state index contributed by atoms with van der Waals surface area (Å²) in [6.07, 6.45) is 0.163. The molecule has 1 aliphatic heterocycles. The van der Waals surface area contributed by atoms with Crippen molar-refractivity contribution in [2.75, 3.05) is 11.4 Å². The van der Waals surface area contributed by atoms with Crippen LogP contribution in [0.25, 0.3) is 0 Å². The summed E-state index contributed by atoms with van der Waals surface area (Å²) in [7, 11) is 0. The molecule has 5 nitrogen and oxygen atoms in total. The van der Waals surface area contributed by atoms with Crippen molar-refractivity contribution < 1.29 is 19.5 Å². The normalized spacial score (nSPS) is 14.5. The molecule has 0 radical (unpaired) electrons. The third-order valence-electron chi connectivity index (χ3n) is 2.49. The van der Waals surface area contributed by atoms with E-state index in [9.17, 15) is 14.4 Å². The predicted octanol–water partition coefficient (Wildman–Crippen LogP) is 0.691. The second kappa shape index (κ2) is 3.77. The molecule has 0 saturated heterocycles. The lowest BCUT2D eigenvalue weighted by molar-refractivity contribution is -0.148. The minimum absolute atomic E-state index is 0.0648. The van der Waals surface area contributed by atoms with Crippen LogP contribution in [0.5, 0.6) is 0 Å². The molecule has 0 unspecified atom stereocenters. The zero-order valence-corrected chi connectivity index (χ0v) is 8.34. The fourth-order valence-corrected chi connectivity index (χ4v) is 1.74. The molecule has 1 amide bonds. The van der Waals surface area contributed by atoms with E-state index < -0.39 is 11.9 Å². The summed E-state index contributed by atoms with van der Waals surface area (Å²) in [6, 6.07) is 6.53. The van der Waals surface area contributed by atoms with Gasteiger partial charge < -0.3 is 10.0 Å². The molecule has 0 saturated carbocycles. The predicted molar refractivity (Wildman–Crippen MR) is 55.4 cm³/mol. The maximum absolute atomic E-state index is 11.5. The standard InChI is InChI=1S/C11H9NO4/c13-9-5-6-12(10(14)11(15)16)8-4-2-1-3-7(8)9/h1-4H,5-6H2,(H,15,16). The van der Waals surface area contributed by atoms with E-state index in [2.05, 4.69) is 0 Å². The number of ketones is 1. The van der Waals surface area contributed by atoms with E-state index in [1.807, 2.05) is 0 Å². The molecule has 0 atom stereocenters. The lowest BCUT2D eigenvalue weighted by Gasteiger charge is -2.26. The van der Waals surface area contributed by atoms with Crippen LogP contribution in [0.2, 0.25) is 0 Å². The highest BCUT2D eigenvalue weighted by Gasteiger charge is 2.30. The van der Waals surface area contributed by atoms with Crippen LogP contribution in [-0.2, 0) is 9.59 Å². The number of hydrogen-bond donors (Lipinski definition) is 1. The molecule has 0 bridgehead atoms. The van der Waals surface area contributed by atoms with Crippen LogP contribution in [0, 0.1) is 0 Å². The second-order valence-corrected chi connectivity index (χ2v) is 3.45. The Morgan fingerprint density at radius 3 is 2.62 bits per heavy atom. The monoisotopic (exact) mass is 219 g/mol. The van der Waals surface area contributed by atoms with Crippen LogP contribution in [0.3, 0.4) is 0 Å². The first-order valence-corrected chi connectivity index (χ1v) is 4.78. The Bertz CT molecular complexity index is 481. The van der Waals surface area contributed by atoms with E-state index in [1.54, 1.807) is 24.3 Å². The van der Waals surface area contributed by atoms with Gasteiger partial charge in [-0.15, -0.1) is 0 Å². The van der Waals surface area contributed by atoms with Crippen LogP contribution >= 0.6 is 0 Å². The molecule has 1 heterocycles. The zero-order valence-electron chi connectivity index (χ0n) is 8.34. The number of carbonyl (C=O) groups is 3. The summed E-state index contributed by atoms with van der Waals surface area (Å²) in [5, 5.41) is 8.65. The lowest BCUT2D eigenvalue weighted by atomic mass is 10.0. The molecule has 1 aromatic carbocycles. The summed E-state index contributed by atoms with van der Waals surface area (Å²) in [6.45, 7) is 0.126. The fourth-order valence-electron chi connectivity index (χ4n) is 1.74. The number of nitrogens with zero attached hydrogens (tertiary/aromatic N) is 1. The molecule has 5 heteroatoms. The summed E-state index contributed by atoms with van der Waals surface area (Å²) < 4.78 is 0. The van der Waals surface area contributed by atoms with Crippen LogP contribution in [-0.4, -0.2) is 29.3 Å². The first-order valence-electron chi connectivity index (χ1n) is 4.78. The minimum atomic E-state index is -1.51. The molecule has 1 aliphatic rings. The maximum Gasteiger partial charge on any atom is 0.394 e.